The van der Waals surface area contributed by atoms with Gasteiger partial charge in [0.15, 0.2) is 0 Å². The van der Waals surface area contributed by atoms with E-state index in [0.717, 1.165) is 36.4 Å². The standard InChI is InChI=1S/C24H36N2O/c1-2-3-4-18-5-7-22(8-6-18)26-23(27)17-25-10-9-24-14-19-11-20(15-24)13-21(12-19)16-24/h5-8,19-21,25H,2-4,9-17H2,1H3,(H,26,27). The molecule has 4 bridgehead atoms. The van der Waals surface area contributed by atoms with Gasteiger partial charge in [-0.25, -0.2) is 0 Å². The molecule has 4 aliphatic carbocycles. The SMILES string of the molecule is CCCCc1ccc(NC(=O)CNCCC23CC4CC(CC(C4)C2)C3)cc1. The highest BCUT2D eigenvalue weighted by molar-refractivity contribution is 5.92. The van der Waals surface area contributed by atoms with Crippen LogP contribution in [-0.2, 0) is 11.2 Å². The molecule has 3 nitrogen and oxygen atoms in total. The Labute approximate surface area is 164 Å². The van der Waals surface area contributed by atoms with E-state index in [1.165, 1.54) is 63.4 Å². The largest absolute Gasteiger partial charge is 0.325 e. The van der Waals surface area contributed by atoms with Crippen molar-refractivity contribution in [3.05, 3.63) is 29.8 Å². The minimum Gasteiger partial charge on any atom is -0.325 e. The van der Waals surface area contributed by atoms with Crippen molar-refractivity contribution < 1.29 is 4.79 Å². The number of carbonyl (C=O) groups excluding carboxylic acids is 1. The van der Waals surface area contributed by atoms with E-state index in [-0.39, 0.29) is 5.91 Å². The molecule has 148 valence electrons. The predicted molar refractivity (Wildman–Crippen MR) is 112 cm³/mol. The Morgan fingerprint density at radius 1 is 1.04 bits per heavy atom. The third-order valence-electron chi connectivity index (χ3n) is 7.34. The molecule has 4 fully saturated rings. The second-order valence-electron chi connectivity index (χ2n) is 9.69. The highest BCUT2D eigenvalue weighted by Gasteiger charge is 2.50. The maximum absolute atomic E-state index is 12.2. The molecule has 0 spiro atoms. The number of anilines is 1. The number of nitrogens with one attached hydrogen (secondary N) is 2. The summed E-state index contributed by atoms with van der Waals surface area (Å²) in [6.07, 6.45) is 13.7. The number of rotatable bonds is 9. The van der Waals surface area contributed by atoms with Gasteiger partial charge in [-0.1, -0.05) is 25.5 Å². The molecular weight excluding hydrogens is 332 g/mol. The van der Waals surface area contributed by atoms with Crippen LogP contribution in [0.25, 0.3) is 0 Å². The van der Waals surface area contributed by atoms with Crippen molar-refractivity contribution in [2.45, 2.75) is 71.1 Å². The second kappa shape index (κ2) is 8.34. The molecule has 1 aromatic carbocycles. The fraction of sp³-hybridized carbons (Fsp3) is 0.708. The number of hydrogen-bond acceptors (Lipinski definition) is 2. The lowest BCUT2D eigenvalue weighted by molar-refractivity contribution is -0.115. The quantitative estimate of drug-likeness (QED) is 0.591. The van der Waals surface area contributed by atoms with E-state index in [4.69, 9.17) is 0 Å². The Bertz CT molecular complexity index is 601. The van der Waals surface area contributed by atoms with Crippen LogP contribution in [0, 0.1) is 23.2 Å². The van der Waals surface area contributed by atoms with E-state index >= 15 is 0 Å². The molecule has 0 heterocycles. The molecule has 2 N–H and O–H groups in total. The lowest BCUT2D eigenvalue weighted by Crippen LogP contribution is -2.47. The molecule has 0 atom stereocenters. The molecule has 0 aromatic heterocycles. The van der Waals surface area contributed by atoms with Crippen LogP contribution in [0.15, 0.2) is 24.3 Å². The summed E-state index contributed by atoms with van der Waals surface area (Å²) in [6.45, 7) is 3.62. The van der Waals surface area contributed by atoms with Crippen molar-refractivity contribution in [2.75, 3.05) is 18.4 Å². The fourth-order valence-corrected chi connectivity index (χ4v) is 6.49. The summed E-state index contributed by atoms with van der Waals surface area (Å²) in [7, 11) is 0. The maximum Gasteiger partial charge on any atom is 0.238 e. The molecule has 0 radical (unpaired) electrons. The van der Waals surface area contributed by atoms with Crippen molar-refractivity contribution >= 4 is 11.6 Å². The van der Waals surface area contributed by atoms with Crippen molar-refractivity contribution in [1.29, 1.82) is 0 Å². The van der Waals surface area contributed by atoms with E-state index in [0.29, 0.717) is 12.0 Å². The zero-order valence-corrected chi connectivity index (χ0v) is 16.9. The number of aryl methyl sites for hydroxylation is 1. The van der Waals surface area contributed by atoms with Gasteiger partial charge in [0.05, 0.1) is 6.54 Å². The van der Waals surface area contributed by atoms with Gasteiger partial charge in [-0.05, 0) is 105 Å². The zero-order chi connectivity index (χ0) is 18.7. The summed E-state index contributed by atoms with van der Waals surface area (Å²) < 4.78 is 0. The van der Waals surface area contributed by atoms with Crippen LogP contribution >= 0.6 is 0 Å². The number of benzene rings is 1. The fourth-order valence-electron chi connectivity index (χ4n) is 6.49. The van der Waals surface area contributed by atoms with Crippen molar-refractivity contribution in [1.82, 2.24) is 5.32 Å². The molecule has 4 aliphatic rings. The average Bonchev–Trinajstić information content (AvgIpc) is 2.64. The summed E-state index contributed by atoms with van der Waals surface area (Å²) in [5.41, 5.74) is 2.86. The lowest BCUT2D eigenvalue weighted by Gasteiger charge is -2.57. The Morgan fingerprint density at radius 2 is 1.67 bits per heavy atom. The zero-order valence-electron chi connectivity index (χ0n) is 16.9. The van der Waals surface area contributed by atoms with Gasteiger partial charge in [-0.2, -0.15) is 0 Å². The Balaban J connectivity index is 1.17. The Kier molecular flexibility index (Phi) is 5.87. The van der Waals surface area contributed by atoms with Gasteiger partial charge < -0.3 is 10.6 Å². The first-order chi connectivity index (χ1) is 13.1. The molecule has 1 aromatic rings. The number of carbonyl (C=O) groups is 1. The van der Waals surface area contributed by atoms with Crippen molar-refractivity contribution in [3.63, 3.8) is 0 Å². The molecule has 0 unspecified atom stereocenters. The first-order valence-electron chi connectivity index (χ1n) is 11.2. The van der Waals surface area contributed by atoms with Crippen LogP contribution in [0.2, 0.25) is 0 Å². The van der Waals surface area contributed by atoms with E-state index < -0.39 is 0 Å². The number of amides is 1. The van der Waals surface area contributed by atoms with Gasteiger partial charge in [0, 0.05) is 5.69 Å². The highest BCUT2D eigenvalue weighted by atomic mass is 16.1. The van der Waals surface area contributed by atoms with E-state index in [1.807, 2.05) is 12.1 Å². The third-order valence-corrected chi connectivity index (χ3v) is 7.34. The van der Waals surface area contributed by atoms with Crippen LogP contribution < -0.4 is 10.6 Å². The average molecular weight is 369 g/mol. The minimum atomic E-state index is 0.0711. The molecule has 4 saturated carbocycles. The number of hydrogen-bond donors (Lipinski definition) is 2. The first kappa shape index (κ1) is 19.0. The molecule has 0 aliphatic heterocycles. The molecular formula is C24H36N2O. The van der Waals surface area contributed by atoms with Crippen LogP contribution in [0.3, 0.4) is 0 Å². The molecule has 5 rings (SSSR count). The molecule has 0 saturated heterocycles. The normalized spacial score (nSPS) is 31.2. The molecule has 27 heavy (non-hydrogen) atoms. The van der Waals surface area contributed by atoms with Gasteiger partial charge in [0.2, 0.25) is 5.91 Å². The van der Waals surface area contributed by atoms with E-state index in [1.54, 1.807) is 0 Å². The van der Waals surface area contributed by atoms with Crippen molar-refractivity contribution in [2.24, 2.45) is 23.2 Å². The van der Waals surface area contributed by atoms with Crippen LogP contribution in [0.4, 0.5) is 5.69 Å². The Hall–Kier alpha value is -1.35. The van der Waals surface area contributed by atoms with Crippen molar-refractivity contribution in [3.8, 4) is 0 Å². The van der Waals surface area contributed by atoms with E-state index in [9.17, 15) is 4.79 Å². The topological polar surface area (TPSA) is 41.1 Å². The van der Waals surface area contributed by atoms with Gasteiger partial charge in [-0.15, -0.1) is 0 Å². The summed E-state index contributed by atoms with van der Waals surface area (Å²) in [5, 5.41) is 6.43. The van der Waals surface area contributed by atoms with Crippen LogP contribution in [-0.4, -0.2) is 19.0 Å². The number of unbranched alkanes of at least 4 members (excludes halogenated alkanes) is 1. The summed E-state index contributed by atoms with van der Waals surface area (Å²) >= 11 is 0. The Morgan fingerprint density at radius 3 is 2.26 bits per heavy atom. The lowest BCUT2D eigenvalue weighted by atomic mass is 9.49. The minimum absolute atomic E-state index is 0.0711. The highest BCUT2D eigenvalue weighted by Crippen LogP contribution is 2.61. The van der Waals surface area contributed by atoms with Crippen LogP contribution in [0.1, 0.15) is 70.3 Å². The predicted octanol–water partition coefficient (Wildman–Crippen LogP) is 5.16. The van der Waals surface area contributed by atoms with Gasteiger partial charge in [0.1, 0.15) is 0 Å². The monoisotopic (exact) mass is 368 g/mol. The van der Waals surface area contributed by atoms with Gasteiger partial charge in [-0.3, -0.25) is 4.79 Å². The smallest absolute Gasteiger partial charge is 0.238 e. The summed E-state index contributed by atoms with van der Waals surface area (Å²) in [5.74, 6) is 3.11. The van der Waals surface area contributed by atoms with Crippen LogP contribution in [0.5, 0.6) is 0 Å². The molecule has 3 heteroatoms. The second-order valence-corrected chi connectivity index (χ2v) is 9.69. The van der Waals surface area contributed by atoms with Gasteiger partial charge >= 0.3 is 0 Å². The third kappa shape index (κ3) is 4.74. The summed E-state index contributed by atoms with van der Waals surface area (Å²) in [4.78, 5) is 12.2. The van der Waals surface area contributed by atoms with E-state index in [2.05, 4.69) is 29.7 Å². The van der Waals surface area contributed by atoms with Gasteiger partial charge in [0.25, 0.3) is 0 Å². The maximum atomic E-state index is 12.2. The molecule has 1 amide bonds. The summed E-state index contributed by atoms with van der Waals surface area (Å²) in [6, 6.07) is 8.31. The first-order valence-corrected chi connectivity index (χ1v) is 11.2.